The number of carbonyl (C=O) groups excluding carboxylic acids is 1. The highest BCUT2D eigenvalue weighted by atomic mass is 32.2. The van der Waals surface area contributed by atoms with Gasteiger partial charge in [-0.15, -0.1) is 0 Å². The van der Waals surface area contributed by atoms with Gasteiger partial charge in [-0.05, 0) is 25.3 Å². The fourth-order valence-corrected chi connectivity index (χ4v) is 4.93. The van der Waals surface area contributed by atoms with E-state index in [0.29, 0.717) is 34.2 Å². The van der Waals surface area contributed by atoms with E-state index < -0.39 is 5.91 Å². The molecule has 0 spiro atoms. The minimum absolute atomic E-state index is 0.185. The molecule has 1 amide bonds. The van der Waals surface area contributed by atoms with Crippen molar-refractivity contribution in [1.29, 1.82) is 0 Å². The number of furan rings is 1. The smallest absolute Gasteiger partial charge is 0.315 e. The van der Waals surface area contributed by atoms with E-state index in [1.54, 1.807) is 17.8 Å². The quantitative estimate of drug-likeness (QED) is 0.419. The lowest BCUT2D eigenvalue weighted by Crippen LogP contribution is -2.18. The molecule has 2 aromatic carbocycles. The summed E-state index contributed by atoms with van der Waals surface area (Å²) < 4.78 is 25.5. The maximum atomic E-state index is 13.0. The molecule has 0 N–H and O–H groups in total. The van der Waals surface area contributed by atoms with Gasteiger partial charge in [0, 0.05) is 29.8 Å². The Bertz CT molecular complexity index is 1350. The number of nitrogens with zero attached hydrogens (tertiary/aromatic N) is 2. The minimum Gasteiger partial charge on any atom is -0.490 e. The van der Waals surface area contributed by atoms with Crippen LogP contribution in [-0.4, -0.2) is 35.9 Å². The zero-order valence-electron chi connectivity index (χ0n) is 17.0. The molecule has 31 heavy (non-hydrogen) atoms. The standard InChI is InChI=1S/C22H20N2O5S2/c1-3-26-15-6-4-5-13-9-18(29-20(13)15)21(25)23-22-24(7-8-30-2)14-10-16-17(28-12-27-16)11-19(14)31-22/h4-6,9-11H,3,7-8,12H2,1-2H3. The van der Waals surface area contributed by atoms with E-state index in [9.17, 15) is 4.79 Å². The van der Waals surface area contributed by atoms with E-state index in [1.165, 1.54) is 11.3 Å². The third kappa shape index (κ3) is 3.68. The normalized spacial score (nSPS) is 13.4. The van der Waals surface area contributed by atoms with Gasteiger partial charge in [0.25, 0.3) is 0 Å². The largest absolute Gasteiger partial charge is 0.490 e. The first kappa shape index (κ1) is 20.0. The van der Waals surface area contributed by atoms with Gasteiger partial charge < -0.3 is 23.2 Å². The Balaban J connectivity index is 1.59. The van der Waals surface area contributed by atoms with Crippen molar-refractivity contribution in [3.63, 3.8) is 0 Å². The summed E-state index contributed by atoms with van der Waals surface area (Å²) in [6, 6.07) is 11.2. The van der Waals surface area contributed by atoms with E-state index >= 15 is 0 Å². The molecule has 0 radical (unpaired) electrons. The van der Waals surface area contributed by atoms with Crippen molar-refractivity contribution in [2.75, 3.05) is 25.4 Å². The lowest BCUT2D eigenvalue weighted by Gasteiger charge is -2.04. The number of hydrogen-bond donors (Lipinski definition) is 0. The lowest BCUT2D eigenvalue weighted by molar-refractivity contribution is 0.0973. The average molecular weight is 457 g/mol. The number of fused-ring (bicyclic) bond motifs is 3. The number of benzene rings is 2. The Morgan fingerprint density at radius 2 is 2.10 bits per heavy atom. The molecule has 0 bridgehead atoms. The third-order valence-corrected chi connectivity index (χ3v) is 6.54. The molecule has 4 aromatic rings. The topological polar surface area (TPSA) is 75.2 Å². The first-order valence-electron chi connectivity index (χ1n) is 9.84. The maximum Gasteiger partial charge on any atom is 0.315 e. The number of amides is 1. The summed E-state index contributed by atoms with van der Waals surface area (Å²) in [5.74, 6) is 2.69. The molecular formula is C22H20N2O5S2. The van der Waals surface area contributed by atoms with Crippen molar-refractivity contribution in [1.82, 2.24) is 4.57 Å². The Kier molecular flexibility index (Phi) is 5.37. The van der Waals surface area contributed by atoms with Crippen LogP contribution in [0.25, 0.3) is 21.2 Å². The second kappa shape index (κ2) is 8.32. The van der Waals surface area contributed by atoms with Crippen LogP contribution in [0.3, 0.4) is 0 Å². The molecule has 5 rings (SSSR count). The average Bonchev–Trinajstić information content (AvgIpc) is 3.47. The lowest BCUT2D eigenvalue weighted by atomic mass is 10.2. The first-order valence-corrected chi connectivity index (χ1v) is 12.1. The van der Waals surface area contributed by atoms with Gasteiger partial charge in [-0.2, -0.15) is 16.8 Å². The molecule has 1 aliphatic heterocycles. The van der Waals surface area contributed by atoms with Gasteiger partial charge in [-0.25, -0.2) is 0 Å². The monoisotopic (exact) mass is 456 g/mol. The van der Waals surface area contributed by atoms with Crippen LogP contribution in [-0.2, 0) is 6.54 Å². The Morgan fingerprint density at radius 3 is 2.90 bits per heavy atom. The van der Waals surface area contributed by atoms with Gasteiger partial charge in [0.2, 0.25) is 6.79 Å². The molecule has 160 valence electrons. The van der Waals surface area contributed by atoms with Crippen LogP contribution >= 0.6 is 23.1 Å². The van der Waals surface area contributed by atoms with Gasteiger partial charge in [0.15, 0.2) is 33.4 Å². The Labute approximate surface area is 186 Å². The van der Waals surface area contributed by atoms with Gasteiger partial charge in [0.05, 0.1) is 16.8 Å². The van der Waals surface area contributed by atoms with Crippen molar-refractivity contribution in [3.05, 3.63) is 47.0 Å². The van der Waals surface area contributed by atoms with Crippen molar-refractivity contribution < 1.29 is 23.4 Å². The van der Waals surface area contributed by atoms with Crippen LogP contribution in [0.15, 0.2) is 45.8 Å². The molecule has 1 aliphatic rings. The fourth-order valence-electron chi connectivity index (χ4n) is 3.50. The van der Waals surface area contributed by atoms with Gasteiger partial charge in [-0.1, -0.05) is 23.5 Å². The molecule has 0 atom stereocenters. The van der Waals surface area contributed by atoms with E-state index in [1.807, 2.05) is 41.8 Å². The number of rotatable bonds is 6. The number of carbonyl (C=O) groups is 1. The molecule has 0 unspecified atom stereocenters. The summed E-state index contributed by atoms with van der Waals surface area (Å²) in [6.07, 6.45) is 2.05. The number of thioether (sulfide) groups is 1. The highest BCUT2D eigenvalue weighted by Crippen LogP contribution is 2.37. The summed E-state index contributed by atoms with van der Waals surface area (Å²) in [5, 5.41) is 0.807. The van der Waals surface area contributed by atoms with E-state index in [0.717, 1.165) is 27.9 Å². The summed E-state index contributed by atoms with van der Waals surface area (Å²) >= 11 is 3.18. The highest BCUT2D eigenvalue weighted by molar-refractivity contribution is 7.98. The SMILES string of the molecule is CCOc1cccc2cc(C(=O)N=c3sc4cc5c(cc4n3CCSC)OCO5)oc12. The third-order valence-electron chi connectivity index (χ3n) is 4.91. The van der Waals surface area contributed by atoms with Gasteiger partial charge in [0.1, 0.15) is 0 Å². The minimum atomic E-state index is -0.428. The zero-order chi connectivity index (χ0) is 21.4. The van der Waals surface area contributed by atoms with Crippen molar-refractivity contribution in [3.8, 4) is 17.2 Å². The Hall–Kier alpha value is -2.91. The van der Waals surface area contributed by atoms with Crippen LogP contribution in [0.4, 0.5) is 0 Å². The number of hydrogen-bond acceptors (Lipinski definition) is 7. The van der Waals surface area contributed by atoms with Crippen LogP contribution in [0, 0.1) is 0 Å². The van der Waals surface area contributed by atoms with Crippen molar-refractivity contribution >= 4 is 50.2 Å². The van der Waals surface area contributed by atoms with Crippen LogP contribution in [0.1, 0.15) is 17.5 Å². The Morgan fingerprint density at radius 1 is 1.26 bits per heavy atom. The molecule has 0 saturated carbocycles. The van der Waals surface area contributed by atoms with Crippen LogP contribution in [0.2, 0.25) is 0 Å². The number of thiazole rings is 1. The molecule has 0 aliphatic carbocycles. The maximum absolute atomic E-state index is 13.0. The molecule has 0 fully saturated rings. The summed E-state index contributed by atoms with van der Waals surface area (Å²) in [6.45, 7) is 3.37. The number of aryl methyl sites for hydroxylation is 1. The molecule has 9 heteroatoms. The molecule has 7 nitrogen and oxygen atoms in total. The van der Waals surface area contributed by atoms with E-state index in [4.69, 9.17) is 18.6 Å². The highest BCUT2D eigenvalue weighted by Gasteiger charge is 2.19. The van der Waals surface area contributed by atoms with Crippen LogP contribution < -0.4 is 19.0 Å². The summed E-state index contributed by atoms with van der Waals surface area (Å²) in [5.41, 5.74) is 1.53. The zero-order valence-corrected chi connectivity index (χ0v) is 18.7. The van der Waals surface area contributed by atoms with E-state index in [-0.39, 0.29) is 12.6 Å². The molecule has 0 saturated heterocycles. The number of para-hydroxylation sites is 1. The van der Waals surface area contributed by atoms with Crippen molar-refractivity contribution in [2.24, 2.45) is 4.99 Å². The second-order valence-corrected chi connectivity index (χ2v) is 8.83. The summed E-state index contributed by atoms with van der Waals surface area (Å²) in [7, 11) is 0. The molecule has 3 heterocycles. The number of ether oxygens (including phenoxy) is 3. The van der Waals surface area contributed by atoms with Crippen LogP contribution in [0.5, 0.6) is 17.2 Å². The number of aromatic nitrogens is 1. The molecule has 2 aromatic heterocycles. The first-order chi connectivity index (χ1) is 15.2. The fraction of sp³-hybridized carbons (Fsp3) is 0.273. The van der Waals surface area contributed by atoms with Crippen molar-refractivity contribution in [2.45, 2.75) is 13.5 Å². The molecular weight excluding hydrogens is 436 g/mol. The summed E-state index contributed by atoms with van der Waals surface area (Å²) in [4.78, 5) is 18.0. The van der Waals surface area contributed by atoms with Gasteiger partial charge in [-0.3, -0.25) is 4.79 Å². The van der Waals surface area contributed by atoms with E-state index in [2.05, 4.69) is 11.2 Å². The predicted molar refractivity (Wildman–Crippen MR) is 122 cm³/mol. The predicted octanol–water partition coefficient (Wildman–Crippen LogP) is 4.68. The van der Waals surface area contributed by atoms with Gasteiger partial charge >= 0.3 is 5.91 Å². The second-order valence-electron chi connectivity index (χ2n) is 6.84.